The molecule has 0 heterocycles. The lowest BCUT2D eigenvalue weighted by Crippen LogP contribution is -2.24. The fourth-order valence-electron chi connectivity index (χ4n) is 7.43. The van der Waals surface area contributed by atoms with Crippen LogP contribution in [0.1, 0.15) is 114 Å². The maximum atomic E-state index is 15.2. The summed E-state index contributed by atoms with van der Waals surface area (Å²) in [5.74, 6) is 3.96. The maximum Gasteiger partial charge on any atom is 0.131 e. The van der Waals surface area contributed by atoms with Gasteiger partial charge in [0.2, 0.25) is 0 Å². The summed E-state index contributed by atoms with van der Waals surface area (Å²) >= 11 is 0. The molecular formula is C33H45FO. The van der Waals surface area contributed by atoms with Crippen LogP contribution in [-0.4, -0.2) is 12.7 Å². The second-order valence-electron chi connectivity index (χ2n) is 11.9. The molecule has 0 amide bonds. The van der Waals surface area contributed by atoms with Gasteiger partial charge in [-0.3, -0.25) is 0 Å². The summed E-state index contributed by atoms with van der Waals surface area (Å²) in [7, 11) is 0. The van der Waals surface area contributed by atoms with Crippen LogP contribution < -0.4 is 0 Å². The molecule has 3 fully saturated rings. The van der Waals surface area contributed by atoms with Gasteiger partial charge in [0.05, 0.1) is 6.10 Å². The summed E-state index contributed by atoms with van der Waals surface area (Å²) in [5.41, 5.74) is 4.34. The molecule has 3 aliphatic rings. The van der Waals surface area contributed by atoms with E-state index < -0.39 is 0 Å². The topological polar surface area (TPSA) is 9.23 Å². The summed E-state index contributed by atoms with van der Waals surface area (Å²) in [6.45, 7) is 5.28. The van der Waals surface area contributed by atoms with Crippen LogP contribution in [0.2, 0.25) is 0 Å². The van der Waals surface area contributed by atoms with E-state index in [1.165, 1.54) is 56.9 Å². The van der Waals surface area contributed by atoms with Gasteiger partial charge in [0.15, 0.2) is 0 Å². The van der Waals surface area contributed by atoms with Gasteiger partial charge in [-0.25, -0.2) is 4.39 Å². The maximum absolute atomic E-state index is 15.2. The van der Waals surface area contributed by atoms with Crippen molar-refractivity contribution in [3.8, 4) is 11.1 Å². The van der Waals surface area contributed by atoms with Crippen molar-refractivity contribution in [3.05, 3.63) is 59.4 Å². The molecule has 35 heavy (non-hydrogen) atoms. The Morgan fingerprint density at radius 3 is 1.83 bits per heavy atom. The average Bonchev–Trinajstić information content (AvgIpc) is 2.90. The van der Waals surface area contributed by atoms with E-state index in [-0.39, 0.29) is 5.82 Å². The third kappa shape index (κ3) is 6.01. The normalized spacial score (nSPS) is 31.9. The minimum absolute atomic E-state index is 0.0792. The molecular weight excluding hydrogens is 431 g/mol. The molecule has 5 rings (SSSR count). The number of hydrogen-bond donors (Lipinski definition) is 0. The molecule has 0 aliphatic heterocycles. The van der Waals surface area contributed by atoms with E-state index in [2.05, 4.69) is 44.2 Å². The Bertz CT molecular complexity index is 926. The number of rotatable bonds is 6. The summed E-state index contributed by atoms with van der Waals surface area (Å²) in [5, 5.41) is 0. The minimum atomic E-state index is -0.0792. The van der Waals surface area contributed by atoms with Gasteiger partial charge in [0.25, 0.3) is 0 Å². The number of hydrogen-bond acceptors (Lipinski definition) is 1. The fourth-order valence-corrected chi connectivity index (χ4v) is 7.43. The van der Waals surface area contributed by atoms with Crippen molar-refractivity contribution in [1.82, 2.24) is 0 Å². The molecule has 0 atom stereocenters. The molecule has 2 aromatic carbocycles. The van der Waals surface area contributed by atoms with Crippen molar-refractivity contribution in [2.75, 3.05) is 6.61 Å². The highest BCUT2D eigenvalue weighted by Gasteiger charge is 2.30. The molecule has 0 saturated heterocycles. The zero-order chi connectivity index (χ0) is 24.2. The lowest BCUT2D eigenvalue weighted by Gasteiger charge is -2.37. The van der Waals surface area contributed by atoms with Gasteiger partial charge in [-0.05, 0) is 123 Å². The Labute approximate surface area is 212 Å². The first-order chi connectivity index (χ1) is 17.1. The fraction of sp³-hybridized carbons (Fsp3) is 0.636. The average molecular weight is 477 g/mol. The van der Waals surface area contributed by atoms with Gasteiger partial charge in [-0.15, -0.1) is 0 Å². The lowest BCUT2D eigenvalue weighted by molar-refractivity contribution is 0.0328. The van der Waals surface area contributed by atoms with Crippen LogP contribution in [0.5, 0.6) is 0 Å². The standard InChI is InChI=1S/C33H45FO/c1-3-35-31-19-16-28(17-20-31)30-18-21-32(33(34)22-30)29-14-12-27(13-15-29)26-10-8-25(9-11-26)24-6-4-23(2)5-7-24/h12-15,18,21-26,28,31H,3-11,16-17,19-20H2,1-2H3. The Morgan fingerprint density at radius 2 is 1.23 bits per heavy atom. The molecule has 0 N–H and O–H groups in total. The zero-order valence-electron chi connectivity index (χ0n) is 22.0. The van der Waals surface area contributed by atoms with E-state index in [0.717, 1.165) is 66.7 Å². The molecule has 0 aromatic heterocycles. The molecule has 2 heteroatoms. The third-order valence-corrected chi connectivity index (χ3v) is 9.73. The number of ether oxygens (including phenoxy) is 1. The van der Waals surface area contributed by atoms with E-state index in [4.69, 9.17) is 4.74 Å². The van der Waals surface area contributed by atoms with E-state index in [1.807, 2.05) is 6.07 Å². The van der Waals surface area contributed by atoms with E-state index in [0.29, 0.717) is 17.9 Å². The predicted octanol–water partition coefficient (Wildman–Crippen LogP) is 9.66. The van der Waals surface area contributed by atoms with E-state index >= 15 is 4.39 Å². The lowest BCUT2D eigenvalue weighted by atomic mass is 9.68. The SMILES string of the molecule is CCOC1CCC(c2ccc(-c3ccc(C4CCC(C5CCC(C)CC5)CC4)cc3)c(F)c2)CC1. The largest absolute Gasteiger partial charge is 0.379 e. The molecule has 0 spiro atoms. The Balaban J connectivity index is 1.17. The second-order valence-corrected chi connectivity index (χ2v) is 11.9. The zero-order valence-corrected chi connectivity index (χ0v) is 22.0. The first-order valence-corrected chi connectivity index (χ1v) is 14.6. The van der Waals surface area contributed by atoms with Gasteiger partial charge in [0.1, 0.15) is 5.82 Å². The van der Waals surface area contributed by atoms with Gasteiger partial charge < -0.3 is 4.74 Å². The Morgan fingerprint density at radius 1 is 0.686 bits per heavy atom. The van der Waals surface area contributed by atoms with Crippen LogP contribution in [-0.2, 0) is 4.74 Å². The highest BCUT2D eigenvalue weighted by Crippen LogP contribution is 2.44. The first kappa shape index (κ1) is 25.0. The van der Waals surface area contributed by atoms with Crippen LogP contribution in [0, 0.1) is 23.6 Å². The van der Waals surface area contributed by atoms with Crippen LogP contribution in [0.3, 0.4) is 0 Å². The van der Waals surface area contributed by atoms with E-state index in [9.17, 15) is 0 Å². The van der Waals surface area contributed by atoms with Crippen LogP contribution in [0.15, 0.2) is 42.5 Å². The van der Waals surface area contributed by atoms with Crippen LogP contribution >= 0.6 is 0 Å². The number of benzene rings is 2. The van der Waals surface area contributed by atoms with Crippen molar-refractivity contribution in [3.63, 3.8) is 0 Å². The van der Waals surface area contributed by atoms with Crippen LogP contribution in [0.4, 0.5) is 4.39 Å². The monoisotopic (exact) mass is 476 g/mol. The number of halogens is 1. The predicted molar refractivity (Wildman–Crippen MR) is 144 cm³/mol. The molecule has 0 bridgehead atoms. The quantitative estimate of drug-likeness (QED) is 0.403. The molecule has 3 aliphatic carbocycles. The summed E-state index contributed by atoms with van der Waals surface area (Å²) in [4.78, 5) is 0. The molecule has 3 saturated carbocycles. The molecule has 0 radical (unpaired) electrons. The minimum Gasteiger partial charge on any atom is -0.379 e. The summed E-state index contributed by atoms with van der Waals surface area (Å²) in [6.07, 6.45) is 16.0. The molecule has 1 nitrogen and oxygen atoms in total. The summed E-state index contributed by atoms with van der Waals surface area (Å²) in [6, 6.07) is 14.8. The summed E-state index contributed by atoms with van der Waals surface area (Å²) < 4.78 is 20.9. The van der Waals surface area contributed by atoms with Crippen molar-refractivity contribution in [1.29, 1.82) is 0 Å². The molecule has 190 valence electrons. The highest BCUT2D eigenvalue weighted by atomic mass is 19.1. The molecule has 0 unspecified atom stereocenters. The molecule has 2 aromatic rings. The first-order valence-electron chi connectivity index (χ1n) is 14.6. The van der Waals surface area contributed by atoms with Gasteiger partial charge in [-0.2, -0.15) is 0 Å². The second kappa shape index (κ2) is 11.6. The van der Waals surface area contributed by atoms with E-state index in [1.54, 1.807) is 6.07 Å². The van der Waals surface area contributed by atoms with Gasteiger partial charge >= 0.3 is 0 Å². The smallest absolute Gasteiger partial charge is 0.131 e. The third-order valence-electron chi connectivity index (χ3n) is 9.73. The van der Waals surface area contributed by atoms with Crippen LogP contribution in [0.25, 0.3) is 11.1 Å². The van der Waals surface area contributed by atoms with Crippen molar-refractivity contribution < 1.29 is 9.13 Å². The van der Waals surface area contributed by atoms with Crippen molar-refractivity contribution in [2.45, 2.75) is 109 Å². The van der Waals surface area contributed by atoms with Gasteiger partial charge in [0, 0.05) is 12.2 Å². The van der Waals surface area contributed by atoms with Gasteiger partial charge in [-0.1, -0.05) is 56.2 Å². The van der Waals surface area contributed by atoms with Crippen molar-refractivity contribution >= 4 is 0 Å². The van der Waals surface area contributed by atoms with Crippen molar-refractivity contribution in [2.24, 2.45) is 17.8 Å². The Kier molecular flexibility index (Phi) is 8.28. The Hall–Kier alpha value is -1.67. The highest BCUT2D eigenvalue weighted by molar-refractivity contribution is 5.65.